The van der Waals surface area contributed by atoms with Crippen LogP contribution in [0.25, 0.3) is 10.9 Å². The van der Waals surface area contributed by atoms with E-state index in [0.717, 1.165) is 41.3 Å². The molecule has 7 nitrogen and oxygen atoms in total. The van der Waals surface area contributed by atoms with Gasteiger partial charge < -0.3 is 25.4 Å². The summed E-state index contributed by atoms with van der Waals surface area (Å²) in [6.07, 6.45) is 4.12. The molecule has 4 rings (SSSR count). The molecule has 0 spiro atoms. The van der Waals surface area contributed by atoms with Crippen molar-refractivity contribution in [3.05, 3.63) is 48.2 Å². The summed E-state index contributed by atoms with van der Waals surface area (Å²) in [5, 5.41) is 4.23. The van der Waals surface area contributed by atoms with Crippen molar-refractivity contribution in [2.45, 2.75) is 12.8 Å². The summed E-state index contributed by atoms with van der Waals surface area (Å²) in [6, 6.07) is 11.4. The first-order chi connectivity index (χ1) is 14.1. The summed E-state index contributed by atoms with van der Waals surface area (Å²) in [6.45, 7) is 2.10. The molecule has 3 N–H and O–H groups in total. The molecular weight excluding hydrogens is 368 g/mol. The van der Waals surface area contributed by atoms with E-state index >= 15 is 0 Å². The van der Waals surface area contributed by atoms with E-state index in [0.29, 0.717) is 16.8 Å². The van der Waals surface area contributed by atoms with Crippen LogP contribution in [0, 0.1) is 0 Å². The minimum Gasteiger partial charge on any atom is -0.497 e. The second-order valence-electron chi connectivity index (χ2n) is 7.03. The zero-order chi connectivity index (χ0) is 20.4. The van der Waals surface area contributed by atoms with Crippen LogP contribution in [0.3, 0.4) is 0 Å². The predicted octanol–water partition coefficient (Wildman–Crippen LogP) is 3.69. The first-order valence-electron chi connectivity index (χ1n) is 9.56. The minimum atomic E-state index is -0.545. The van der Waals surface area contributed by atoms with Crippen LogP contribution < -0.4 is 25.4 Å². The van der Waals surface area contributed by atoms with Crippen LogP contribution in [0.15, 0.2) is 42.6 Å². The molecule has 7 heteroatoms. The summed E-state index contributed by atoms with van der Waals surface area (Å²) in [7, 11) is 3.17. The maximum absolute atomic E-state index is 11.8. The molecule has 1 aliphatic rings. The topological polar surface area (TPSA) is 89.7 Å². The molecule has 3 aromatic rings. The second kappa shape index (κ2) is 7.87. The van der Waals surface area contributed by atoms with E-state index in [-0.39, 0.29) is 0 Å². The SMILES string of the molecule is COc1cc(Nc2ccnc3cc(OC)c(C(N)=O)cc23)cc(N2CCCC2)c1. The molecule has 1 saturated heterocycles. The molecule has 2 heterocycles. The van der Waals surface area contributed by atoms with Gasteiger partial charge in [0.2, 0.25) is 0 Å². The van der Waals surface area contributed by atoms with Crippen LogP contribution in [0.4, 0.5) is 17.1 Å². The molecule has 0 unspecified atom stereocenters. The van der Waals surface area contributed by atoms with Crippen molar-refractivity contribution in [3.63, 3.8) is 0 Å². The van der Waals surface area contributed by atoms with E-state index in [1.807, 2.05) is 12.1 Å². The quantitative estimate of drug-likeness (QED) is 0.665. The molecule has 0 atom stereocenters. The fraction of sp³-hybridized carbons (Fsp3) is 0.273. The highest BCUT2D eigenvalue weighted by molar-refractivity contribution is 6.03. The van der Waals surface area contributed by atoms with E-state index < -0.39 is 5.91 Å². The Balaban J connectivity index is 1.76. The number of nitrogens with zero attached hydrogens (tertiary/aromatic N) is 2. The van der Waals surface area contributed by atoms with Crippen molar-refractivity contribution >= 4 is 33.9 Å². The number of nitrogens with one attached hydrogen (secondary N) is 1. The lowest BCUT2D eigenvalue weighted by Crippen LogP contribution is -2.17. The molecular formula is C22H24N4O3. The van der Waals surface area contributed by atoms with E-state index in [9.17, 15) is 4.79 Å². The molecule has 29 heavy (non-hydrogen) atoms. The molecule has 1 fully saturated rings. The van der Waals surface area contributed by atoms with E-state index in [1.165, 1.54) is 20.0 Å². The van der Waals surface area contributed by atoms with Crippen LogP contribution >= 0.6 is 0 Å². The number of aromatic nitrogens is 1. The number of nitrogens with two attached hydrogens (primary N) is 1. The number of benzene rings is 2. The number of hydrogen-bond acceptors (Lipinski definition) is 6. The summed E-state index contributed by atoms with van der Waals surface area (Å²) in [5.41, 5.74) is 9.40. The van der Waals surface area contributed by atoms with Crippen molar-refractivity contribution in [3.8, 4) is 11.5 Å². The van der Waals surface area contributed by atoms with Crippen molar-refractivity contribution in [2.24, 2.45) is 5.73 Å². The molecule has 1 aromatic heterocycles. The Hall–Kier alpha value is -3.48. The number of amides is 1. The number of rotatable bonds is 6. The molecule has 0 radical (unpaired) electrons. The van der Waals surface area contributed by atoms with Crippen molar-refractivity contribution in [1.29, 1.82) is 0 Å². The predicted molar refractivity (Wildman–Crippen MR) is 115 cm³/mol. The molecule has 1 amide bonds. The van der Waals surface area contributed by atoms with Gasteiger partial charge in [0, 0.05) is 59.9 Å². The standard InChI is InChI=1S/C22H24N4O3/c1-28-16-10-14(9-15(11-16)26-7-3-4-8-26)25-19-5-6-24-20-13-21(29-2)18(22(23)27)12-17(19)20/h5-6,9-13H,3-4,7-8H2,1-2H3,(H2,23,27)(H,24,25). The molecule has 0 saturated carbocycles. The van der Waals surface area contributed by atoms with Crippen LogP contribution in [-0.2, 0) is 0 Å². The zero-order valence-corrected chi connectivity index (χ0v) is 16.6. The number of pyridine rings is 1. The van der Waals surface area contributed by atoms with Gasteiger partial charge in [-0.1, -0.05) is 0 Å². The maximum Gasteiger partial charge on any atom is 0.252 e. The summed E-state index contributed by atoms with van der Waals surface area (Å²) in [4.78, 5) is 18.6. The Kier molecular flexibility index (Phi) is 5.12. The highest BCUT2D eigenvalue weighted by atomic mass is 16.5. The van der Waals surface area contributed by atoms with Crippen molar-refractivity contribution in [2.75, 3.05) is 37.5 Å². The Morgan fingerprint density at radius 1 is 1.10 bits per heavy atom. The molecule has 1 aliphatic heterocycles. The van der Waals surface area contributed by atoms with Crippen LogP contribution in [-0.4, -0.2) is 38.2 Å². The fourth-order valence-electron chi connectivity index (χ4n) is 3.73. The number of carbonyl (C=O) groups is 1. The van der Waals surface area contributed by atoms with Gasteiger partial charge in [-0.15, -0.1) is 0 Å². The van der Waals surface area contributed by atoms with Crippen molar-refractivity contribution < 1.29 is 14.3 Å². The molecule has 150 valence electrons. The van der Waals surface area contributed by atoms with E-state index in [4.69, 9.17) is 15.2 Å². The smallest absolute Gasteiger partial charge is 0.252 e. The number of carbonyl (C=O) groups excluding carboxylic acids is 1. The maximum atomic E-state index is 11.8. The summed E-state index contributed by atoms with van der Waals surface area (Å²) < 4.78 is 10.8. The Bertz CT molecular complexity index is 1060. The highest BCUT2D eigenvalue weighted by Gasteiger charge is 2.16. The van der Waals surface area contributed by atoms with Gasteiger partial charge in [0.25, 0.3) is 5.91 Å². The fourth-order valence-corrected chi connectivity index (χ4v) is 3.73. The first kappa shape index (κ1) is 18.9. The van der Waals surface area contributed by atoms with Crippen molar-refractivity contribution in [1.82, 2.24) is 4.98 Å². The summed E-state index contributed by atoms with van der Waals surface area (Å²) >= 11 is 0. The number of ether oxygens (including phenoxy) is 2. The normalized spacial score (nSPS) is 13.5. The third-order valence-corrected chi connectivity index (χ3v) is 5.21. The number of methoxy groups -OCH3 is 2. The van der Waals surface area contributed by atoms with Gasteiger partial charge in [-0.25, -0.2) is 0 Å². The van der Waals surface area contributed by atoms with Gasteiger partial charge in [-0.2, -0.15) is 0 Å². The average molecular weight is 392 g/mol. The monoisotopic (exact) mass is 392 g/mol. The van der Waals surface area contributed by atoms with Gasteiger partial charge in [-0.05, 0) is 31.0 Å². The Morgan fingerprint density at radius 3 is 2.59 bits per heavy atom. The largest absolute Gasteiger partial charge is 0.497 e. The minimum absolute atomic E-state index is 0.319. The second-order valence-corrected chi connectivity index (χ2v) is 7.03. The van der Waals surface area contributed by atoms with Gasteiger partial charge in [0.15, 0.2) is 0 Å². The Morgan fingerprint density at radius 2 is 1.90 bits per heavy atom. The van der Waals surface area contributed by atoms with Crippen LogP contribution in [0.1, 0.15) is 23.2 Å². The lowest BCUT2D eigenvalue weighted by Gasteiger charge is -2.20. The van der Waals surface area contributed by atoms with Gasteiger partial charge in [0.05, 0.1) is 25.3 Å². The lowest BCUT2D eigenvalue weighted by molar-refractivity contribution is 0.0997. The van der Waals surface area contributed by atoms with Crippen LogP contribution in [0.2, 0.25) is 0 Å². The molecule has 0 bridgehead atoms. The number of primary amides is 1. The van der Waals surface area contributed by atoms with E-state index in [1.54, 1.807) is 25.4 Å². The zero-order valence-electron chi connectivity index (χ0n) is 16.6. The van der Waals surface area contributed by atoms with E-state index in [2.05, 4.69) is 27.3 Å². The molecule has 2 aromatic carbocycles. The number of hydrogen-bond donors (Lipinski definition) is 2. The molecule has 0 aliphatic carbocycles. The number of anilines is 3. The average Bonchev–Trinajstić information content (AvgIpc) is 3.27. The number of fused-ring (bicyclic) bond motifs is 1. The first-order valence-corrected chi connectivity index (χ1v) is 9.56. The highest BCUT2D eigenvalue weighted by Crippen LogP contribution is 2.34. The lowest BCUT2D eigenvalue weighted by atomic mass is 10.1. The van der Waals surface area contributed by atoms with Gasteiger partial charge in [-0.3, -0.25) is 9.78 Å². The third kappa shape index (κ3) is 3.76. The van der Waals surface area contributed by atoms with Gasteiger partial charge in [0.1, 0.15) is 11.5 Å². The van der Waals surface area contributed by atoms with Crippen LogP contribution in [0.5, 0.6) is 11.5 Å². The Labute approximate surface area is 169 Å². The summed E-state index contributed by atoms with van der Waals surface area (Å²) in [5.74, 6) is 0.651. The van der Waals surface area contributed by atoms with Gasteiger partial charge >= 0.3 is 0 Å². The third-order valence-electron chi connectivity index (χ3n) is 5.21.